The maximum atomic E-state index is 11.9. The highest BCUT2D eigenvalue weighted by Gasteiger charge is 2.34. The second-order valence-corrected chi connectivity index (χ2v) is 4.67. The Morgan fingerprint density at radius 3 is 2.69 bits per heavy atom. The lowest BCUT2D eigenvalue weighted by Crippen LogP contribution is -2.57. The number of carboxylic acid groups (broad SMARTS) is 1. The molecule has 1 aliphatic rings. The van der Waals surface area contributed by atoms with Crippen molar-refractivity contribution in [2.75, 3.05) is 13.1 Å². The summed E-state index contributed by atoms with van der Waals surface area (Å²) in [5, 5.41) is 14.6. The van der Waals surface area contributed by atoms with E-state index in [0.29, 0.717) is 0 Å². The first-order valence-corrected chi connectivity index (χ1v) is 5.72. The van der Waals surface area contributed by atoms with Crippen molar-refractivity contribution >= 4 is 11.9 Å². The Labute approximate surface area is 95.6 Å². The van der Waals surface area contributed by atoms with E-state index in [4.69, 9.17) is 5.11 Å². The minimum Gasteiger partial charge on any atom is -0.481 e. The number of carbonyl (C=O) groups excluding carboxylic acids is 1. The monoisotopic (exact) mass is 228 g/mol. The Morgan fingerprint density at radius 1 is 1.50 bits per heavy atom. The smallest absolute Gasteiger partial charge is 0.308 e. The number of rotatable bonds is 4. The summed E-state index contributed by atoms with van der Waals surface area (Å²) < 4.78 is 0. The van der Waals surface area contributed by atoms with Gasteiger partial charge >= 0.3 is 5.97 Å². The molecule has 1 fully saturated rings. The fourth-order valence-electron chi connectivity index (χ4n) is 1.78. The van der Waals surface area contributed by atoms with Crippen molar-refractivity contribution in [3.8, 4) is 0 Å². The molecule has 1 rings (SSSR count). The van der Waals surface area contributed by atoms with Gasteiger partial charge in [0.15, 0.2) is 0 Å². The molecule has 2 unspecified atom stereocenters. The standard InChI is InChI=1S/C11H20N2O3/c1-8(9(14)15)7-12-10(16)11(2)5-3-4-6-13-11/h8,13H,3-7H2,1-2H3,(H,12,16)(H,14,15). The number of amides is 1. The summed E-state index contributed by atoms with van der Waals surface area (Å²) in [4.78, 5) is 22.5. The van der Waals surface area contributed by atoms with Crippen molar-refractivity contribution in [2.45, 2.75) is 38.6 Å². The Morgan fingerprint density at radius 2 is 2.19 bits per heavy atom. The van der Waals surface area contributed by atoms with Gasteiger partial charge in [0.2, 0.25) is 5.91 Å². The maximum absolute atomic E-state index is 11.9. The minimum atomic E-state index is -0.887. The van der Waals surface area contributed by atoms with E-state index in [0.717, 1.165) is 25.8 Å². The Balaban J connectivity index is 2.42. The molecule has 0 aliphatic carbocycles. The lowest BCUT2D eigenvalue weighted by Gasteiger charge is -2.33. The Hall–Kier alpha value is -1.10. The highest BCUT2D eigenvalue weighted by Crippen LogP contribution is 2.18. The summed E-state index contributed by atoms with van der Waals surface area (Å²) in [6, 6.07) is 0. The van der Waals surface area contributed by atoms with Crippen LogP contribution in [0.1, 0.15) is 33.1 Å². The number of carboxylic acids is 1. The molecular formula is C11H20N2O3. The number of aliphatic carboxylic acids is 1. The van der Waals surface area contributed by atoms with E-state index in [-0.39, 0.29) is 12.5 Å². The van der Waals surface area contributed by atoms with Crippen LogP contribution in [0.15, 0.2) is 0 Å². The fourth-order valence-corrected chi connectivity index (χ4v) is 1.78. The molecule has 5 nitrogen and oxygen atoms in total. The average Bonchev–Trinajstić information content (AvgIpc) is 2.26. The van der Waals surface area contributed by atoms with Gasteiger partial charge < -0.3 is 15.7 Å². The molecule has 3 N–H and O–H groups in total. The lowest BCUT2D eigenvalue weighted by molar-refractivity contribution is -0.141. The first kappa shape index (κ1) is 13.0. The van der Waals surface area contributed by atoms with Gasteiger partial charge in [-0.25, -0.2) is 0 Å². The minimum absolute atomic E-state index is 0.0969. The molecule has 0 aromatic rings. The van der Waals surface area contributed by atoms with E-state index in [2.05, 4.69) is 10.6 Å². The normalized spacial score (nSPS) is 27.1. The van der Waals surface area contributed by atoms with E-state index >= 15 is 0 Å². The third-order valence-electron chi connectivity index (χ3n) is 3.11. The van der Waals surface area contributed by atoms with E-state index < -0.39 is 17.4 Å². The van der Waals surface area contributed by atoms with Gasteiger partial charge in [0.05, 0.1) is 11.5 Å². The molecule has 0 spiro atoms. The molecule has 1 amide bonds. The van der Waals surface area contributed by atoms with Crippen LogP contribution in [0.5, 0.6) is 0 Å². The average molecular weight is 228 g/mol. The molecule has 16 heavy (non-hydrogen) atoms. The Kier molecular flexibility index (Phi) is 4.29. The first-order chi connectivity index (χ1) is 7.46. The quantitative estimate of drug-likeness (QED) is 0.649. The van der Waals surface area contributed by atoms with Crippen LogP contribution in [0.4, 0.5) is 0 Å². The van der Waals surface area contributed by atoms with Gasteiger partial charge in [-0.3, -0.25) is 9.59 Å². The van der Waals surface area contributed by atoms with Crippen LogP contribution in [-0.2, 0) is 9.59 Å². The van der Waals surface area contributed by atoms with Crippen molar-refractivity contribution in [2.24, 2.45) is 5.92 Å². The molecule has 0 radical (unpaired) electrons. The molecule has 1 aliphatic heterocycles. The van der Waals surface area contributed by atoms with Crippen molar-refractivity contribution < 1.29 is 14.7 Å². The molecule has 0 aromatic carbocycles. The summed E-state index contributed by atoms with van der Waals surface area (Å²) in [7, 11) is 0. The van der Waals surface area contributed by atoms with Crippen LogP contribution < -0.4 is 10.6 Å². The second kappa shape index (κ2) is 5.30. The largest absolute Gasteiger partial charge is 0.481 e. The van der Waals surface area contributed by atoms with Gasteiger partial charge in [0.25, 0.3) is 0 Å². The topological polar surface area (TPSA) is 78.4 Å². The van der Waals surface area contributed by atoms with Gasteiger partial charge in [-0.05, 0) is 32.7 Å². The molecule has 92 valence electrons. The zero-order chi connectivity index (χ0) is 12.2. The Bertz CT molecular complexity index is 272. The van der Waals surface area contributed by atoms with Crippen molar-refractivity contribution in [1.29, 1.82) is 0 Å². The lowest BCUT2D eigenvalue weighted by atomic mass is 9.90. The van der Waals surface area contributed by atoms with Crippen molar-refractivity contribution in [1.82, 2.24) is 10.6 Å². The van der Waals surface area contributed by atoms with Crippen LogP contribution in [0.25, 0.3) is 0 Å². The molecule has 0 aromatic heterocycles. The molecule has 2 atom stereocenters. The molecule has 0 saturated carbocycles. The zero-order valence-corrected chi connectivity index (χ0v) is 9.88. The molecule has 1 heterocycles. The van der Waals surface area contributed by atoms with Crippen LogP contribution in [-0.4, -0.2) is 35.6 Å². The summed E-state index contributed by atoms with van der Waals surface area (Å²) in [6.45, 7) is 4.48. The second-order valence-electron chi connectivity index (χ2n) is 4.67. The van der Waals surface area contributed by atoms with E-state index in [1.54, 1.807) is 6.92 Å². The van der Waals surface area contributed by atoms with E-state index in [9.17, 15) is 9.59 Å². The highest BCUT2D eigenvalue weighted by atomic mass is 16.4. The van der Waals surface area contributed by atoms with Gasteiger partial charge in [-0.15, -0.1) is 0 Å². The number of piperidine rings is 1. The van der Waals surface area contributed by atoms with Crippen LogP contribution in [0.3, 0.4) is 0 Å². The number of hydrogen-bond donors (Lipinski definition) is 3. The number of hydrogen-bond acceptors (Lipinski definition) is 3. The van der Waals surface area contributed by atoms with E-state index in [1.807, 2.05) is 6.92 Å². The van der Waals surface area contributed by atoms with Gasteiger partial charge in [0.1, 0.15) is 0 Å². The summed E-state index contributed by atoms with van der Waals surface area (Å²) in [5.41, 5.74) is -0.531. The zero-order valence-electron chi connectivity index (χ0n) is 9.88. The van der Waals surface area contributed by atoms with Crippen LogP contribution >= 0.6 is 0 Å². The summed E-state index contributed by atoms with van der Waals surface area (Å²) in [6.07, 6.45) is 2.93. The third-order valence-corrected chi connectivity index (χ3v) is 3.11. The predicted molar refractivity (Wildman–Crippen MR) is 60.1 cm³/mol. The highest BCUT2D eigenvalue weighted by molar-refractivity contribution is 5.86. The molecule has 5 heteroatoms. The van der Waals surface area contributed by atoms with Crippen LogP contribution in [0.2, 0.25) is 0 Å². The molecule has 0 bridgehead atoms. The van der Waals surface area contributed by atoms with Gasteiger partial charge in [-0.1, -0.05) is 6.92 Å². The predicted octanol–water partition coefficient (Wildman–Crippen LogP) is 0.356. The molecule has 1 saturated heterocycles. The summed E-state index contributed by atoms with van der Waals surface area (Å²) >= 11 is 0. The first-order valence-electron chi connectivity index (χ1n) is 5.72. The SMILES string of the molecule is CC(CNC(=O)C1(C)CCCCN1)C(=O)O. The number of nitrogens with one attached hydrogen (secondary N) is 2. The third kappa shape index (κ3) is 3.20. The molecular weight excluding hydrogens is 208 g/mol. The van der Waals surface area contributed by atoms with E-state index in [1.165, 1.54) is 0 Å². The van der Waals surface area contributed by atoms with Crippen molar-refractivity contribution in [3.05, 3.63) is 0 Å². The van der Waals surface area contributed by atoms with Gasteiger partial charge in [-0.2, -0.15) is 0 Å². The van der Waals surface area contributed by atoms with Crippen LogP contribution in [0, 0.1) is 5.92 Å². The van der Waals surface area contributed by atoms with Crippen molar-refractivity contribution in [3.63, 3.8) is 0 Å². The maximum Gasteiger partial charge on any atom is 0.308 e. The number of carbonyl (C=O) groups is 2. The van der Waals surface area contributed by atoms with Gasteiger partial charge in [0, 0.05) is 6.54 Å². The summed E-state index contributed by atoms with van der Waals surface area (Å²) in [5.74, 6) is -1.53. The fraction of sp³-hybridized carbons (Fsp3) is 0.818.